The molecule has 1 unspecified atom stereocenters. The van der Waals surface area contributed by atoms with E-state index in [0.29, 0.717) is 13.2 Å². The van der Waals surface area contributed by atoms with Gasteiger partial charge in [-0.1, -0.05) is 15.9 Å². The molecule has 1 saturated heterocycles. The number of hydrogen-bond acceptors (Lipinski definition) is 3. The van der Waals surface area contributed by atoms with Gasteiger partial charge in [-0.3, -0.25) is 9.78 Å². The standard InChI is InChI=1S/C11H11BrN2O2/c12-6-1-2-14-9(3-6)11(10(13)15)7-4-16-5-8(7)11/h1-3,7-8H,4-5H2,(H2,13,15)/t7-,8+,11?. The van der Waals surface area contributed by atoms with Crippen LogP contribution in [0.5, 0.6) is 0 Å². The first-order chi connectivity index (χ1) is 7.67. The van der Waals surface area contributed by atoms with Crippen LogP contribution in [0, 0.1) is 11.8 Å². The number of fused-ring (bicyclic) bond motifs is 1. The molecule has 3 rings (SSSR count). The zero-order chi connectivity index (χ0) is 11.3. The van der Waals surface area contributed by atoms with E-state index in [1.807, 2.05) is 12.1 Å². The van der Waals surface area contributed by atoms with Gasteiger partial charge >= 0.3 is 0 Å². The minimum absolute atomic E-state index is 0.215. The Morgan fingerprint density at radius 2 is 2.25 bits per heavy atom. The van der Waals surface area contributed by atoms with Crippen molar-refractivity contribution in [3.8, 4) is 0 Å². The number of nitrogens with zero attached hydrogens (tertiary/aromatic N) is 1. The van der Waals surface area contributed by atoms with Gasteiger partial charge in [-0.15, -0.1) is 0 Å². The second kappa shape index (κ2) is 3.28. The topological polar surface area (TPSA) is 65.2 Å². The van der Waals surface area contributed by atoms with Gasteiger partial charge in [-0.2, -0.15) is 0 Å². The predicted molar refractivity (Wildman–Crippen MR) is 60.6 cm³/mol. The second-order valence-electron chi connectivity index (χ2n) is 4.34. The number of halogens is 1. The van der Waals surface area contributed by atoms with Gasteiger partial charge in [0.05, 0.1) is 18.9 Å². The lowest BCUT2D eigenvalue weighted by Crippen LogP contribution is -2.35. The molecule has 2 heterocycles. The van der Waals surface area contributed by atoms with Crippen LogP contribution in [0.1, 0.15) is 5.69 Å². The Bertz CT molecular complexity index is 453. The van der Waals surface area contributed by atoms with Crippen molar-refractivity contribution in [3.05, 3.63) is 28.5 Å². The van der Waals surface area contributed by atoms with Crippen LogP contribution in [0.2, 0.25) is 0 Å². The summed E-state index contributed by atoms with van der Waals surface area (Å²) < 4.78 is 6.24. The second-order valence-corrected chi connectivity index (χ2v) is 5.26. The maximum absolute atomic E-state index is 11.7. The molecule has 1 aliphatic carbocycles. The summed E-state index contributed by atoms with van der Waals surface area (Å²) in [6, 6.07) is 3.72. The number of hydrogen-bond donors (Lipinski definition) is 1. The molecule has 1 aliphatic heterocycles. The summed E-state index contributed by atoms with van der Waals surface area (Å²) in [6.07, 6.45) is 1.69. The number of rotatable bonds is 2. The smallest absolute Gasteiger partial charge is 0.230 e. The minimum atomic E-state index is -0.581. The van der Waals surface area contributed by atoms with Gasteiger partial charge in [0, 0.05) is 22.5 Å². The van der Waals surface area contributed by atoms with Gasteiger partial charge in [0.1, 0.15) is 5.41 Å². The Hall–Kier alpha value is -0.940. The van der Waals surface area contributed by atoms with E-state index in [0.717, 1.165) is 10.2 Å². The number of pyridine rings is 1. The summed E-state index contributed by atoms with van der Waals surface area (Å²) in [7, 11) is 0. The Morgan fingerprint density at radius 1 is 1.56 bits per heavy atom. The molecule has 0 aromatic carbocycles. The molecule has 84 valence electrons. The molecule has 2 N–H and O–H groups in total. The molecule has 1 amide bonds. The molecule has 0 bridgehead atoms. The average molecular weight is 283 g/mol. The maximum atomic E-state index is 11.7. The predicted octanol–water partition coefficient (Wildman–Crippen LogP) is 0.843. The molecule has 3 atom stereocenters. The summed E-state index contributed by atoms with van der Waals surface area (Å²) in [5, 5.41) is 0. The van der Waals surface area contributed by atoms with E-state index < -0.39 is 5.41 Å². The van der Waals surface area contributed by atoms with Crippen LogP contribution in [0.15, 0.2) is 22.8 Å². The van der Waals surface area contributed by atoms with Crippen molar-refractivity contribution in [1.29, 1.82) is 0 Å². The van der Waals surface area contributed by atoms with Crippen LogP contribution in [0.3, 0.4) is 0 Å². The van der Waals surface area contributed by atoms with Crippen LogP contribution in [0.4, 0.5) is 0 Å². The zero-order valence-corrected chi connectivity index (χ0v) is 10.1. The third-order valence-corrected chi connectivity index (χ3v) is 4.19. The third kappa shape index (κ3) is 1.13. The average Bonchev–Trinajstić information content (AvgIpc) is 2.64. The third-order valence-electron chi connectivity index (χ3n) is 3.69. The fourth-order valence-corrected chi connectivity index (χ4v) is 3.19. The SMILES string of the molecule is NC(=O)C1(c2cc(Br)ccn2)[C@@H]2COC[C@@H]21. The van der Waals surface area contributed by atoms with Crippen LogP contribution in [0.25, 0.3) is 0 Å². The zero-order valence-electron chi connectivity index (χ0n) is 8.52. The quantitative estimate of drug-likeness (QED) is 0.874. The first-order valence-corrected chi connectivity index (χ1v) is 5.96. The summed E-state index contributed by atoms with van der Waals surface area (Å²) in [5.74, 6) is 0.148. The van der Waals surface area contributed by atoms with Crippen molar-refractivity contribution in [2.75, 3.05) is 13.2 Å². The van der Waals surface area contributed by atoms with Crippen LogP contribution < -0.4 is 5.73 Å². The van der Waals surface area contributed by atoms with Crippen LogP contribution in [-0.2, 0) is 14.9 Å². The Balaban J connectivity index is 2.06. The monoisotopic (exact) mass is 282 g/mol. The molecule has 2 fully saturated rings. The Morgan fingerprint density at radius 3 is 2.81 bits per heavy atom. The first-order valence-electron chi connectivity index (χ1n) is 5.17. The molecule has 2 aliphatic rings. The largest absolute Gasteiger partial charge is 0.381 e. The van der Waals surface area contributed by atoms with E-state index in [-0.39, 0.29) is 17.7 Å². The van der Waals surface area contributed by atoms with E-state index in [1.165, 1.54) is 0 Å². The summed E-state index contributed by atoms with van der Waals surface area (Å²) in [4.78, 5) is 16.0. The van der Waals surface area contributed by atoms with Gasteiger partial charge in [0.25, 0.3) is 0 Å². The molecule has 0 radical (unpaired) electrons. The Kier molecular flexibility index (Phi) is 2.09. The highest BCUT2D eigenvalue weighted by Crippen LogP contribution is 2.62. The van der Waals surface area contributed by atoms with E-state index in [1.54, 1.807) is 6.20 Å². The number of nitrogens with two attached hydrogens (primary N) is 1. The lowest BCUT2D eigenvalue weighted by molar-refractivity contribution is -0.122. The van der Waals surface area contributed by atoms with Crippen LogP contribution in [-0.4, -0.2) is 24.1 Å². The van der Waals surface area contributed by atoms with Crippen LogP contribution >= 0.6 is 15.9 Å². The molecule has 16 heavy (non-hydrogen) atoms. The number of carbonyl (C=O) groups is 1. The summed E-state index contributed by atoms with van der Waals surface area (Å²) >= 11 is 3.39. The van der Waals surface area contributed by atoms with Crippen molar-refractivity contribution < 1.29 is 9.53 Å². The van der Waals surface area contributed by atoms with Crippen molar-refractivity contribution in [3.63, 3.8) is 0 Å². The van der Waals surface area contributed by atoms with Crippen molar-refractivity contribution in [2.24, 2.45) is 17.6 Å². The fraction of sp³-hybridized carbons (Fsp3) is 0.455. The fourth-order valence-electron chi connectivity index (χ4n) is 2.86. The summed E-state index contributed by atoms with van der Waals surface area (Å²) in [6.45, 7) is 1.23. The number of ether oxygens (including phenoxy) is 1. The molecule has 1 aromatic rings. The normalized spacial score (nSPS) is 35.8. The number of amides is 1. The van der Waals surface area contributed by atoms with Gasteiger partial charge in [-0.25, -0.2) is 0 Å². The molecule has 1 aromatic heterocycles. The highest BCUT2D eigenvalue weighted by atomic mass is 79.9. The van der Waals surface area contributed by atoms with E-state index in [2.05, 4.69) is 20.9 Å². The van der Waals surface area contributed by atoms with Gasteiger partial charge in [-0.05, 0) is 12.1 Å². The van der Waals surface area contributed by atoms with Crippen molar-refractivity contribution >= 4 is 21.8 Å². The van der Waals surface area contributed by atoms with Gasteiger partial charge in [0.15, 0.2) is 0 Å². The minimum Gasteiger partial charge on any atom is -0.381 e. The highest BCUT2D eigenvalue weighted by Gasteiger charge is 2.72. The molecular weight excluding hydrogens is 272 g/mol. The maximum Gasteiger partial charge on any atom is 0.230 e. The van der Waals surface area contributed by atoms with E-state index in [9.17, 15) is 4.79 Å². The first kappa shape index (κ1) is 10.2. The lowest BCUT2D eigenvalue weighted by Gasteiger charge is -2.16. The van der Waals surface area contributed by atoms with Crippen molar-refractivity contribution in [2.45, 2.75) is 5.41 Å². The molecular formula is C11H11BrN2O2. The number of primary amides is 1. The molecule has 4 nitrogen and oxygen atoms in total. The van der Waals surface area contributed by atoms with Gasteiger partial charge < -0.3 is 10.5 Å². The molecule has 0 spiro atoms. The number of carbonyl (C=O) groups excluding carboxylic acids is 1. The number of aromatic nitrogens is 1. The van der Waals surface area contributed by atoms with E-state index >= 15 is 0 Å². The lowest BCUT2D eigenvalue weighted by atomic mass is 9.95. The van der Waals surface area contributed by atoms with Crippen molar-refractivity contribution in [1.82, 2.24) is 4.98 Å². The highest BCUT2D eigenvalue weighted by molar-refractivity contribution is 9.10. The molecule has 1 saturated carbocycles. The summed E-state index contributed by atoms with van der Waals surface area (Å²) in [5.41, 5.74) is 5.74. The Labute approximate surface area is 101 Å². The molecule has 5 heteroatoms. The van der Waals surface area contributed by atoms with E-state index in [4.69, 9.17) is 10.5 Å². The van der Waals surface area contributed by atoms with Gasteiger partial charge in [0.2, 0.25) is 5.91 Å².